The van der Waals surface area contributed by atoms with E-state index < -0.39 is 0 Å². The maximum Gasteiger partial charge on any atom is 0.254 e. The van der Waals surface area contributed by atoms with E-state index in [2.05, 4.69) is 34.1 Å². The Morgan fingerprint density at radius 1 is 0.966 bits per heavy atom. The molecule has 0 spiro atoms. The summed E-state index contributed by atoms with van der Waals surface area (Å²) in [6.45, 7) is 3.91. The summed E-state index contributed by atoms with van der Waals surface area (Å²) < 4.78 is 10.6. The summed E-state index contributed by atoms with van der Waals surface area (Å²) in [5.41, 5.74) is 2.90. The van der Waals surface area contributed by atoms with Crippen LogP contribution in [0.25, 0.3) is 10.9 Å². The van der Waals surface area contributed by atoms with Crippen LogP contribution in [0.2, 0.25) is 0 Å². The van der Waals surface area contributed by atoms with Gasteiger partial charge >= 0.3 is 0 Å². The highest BCUT2D eigenvalue weighted by Gasteiger charge is 2.23. The molecule has 1 amide bonds. The molecule has 1 saturated heterocycles. The number of fused-ring (bicyclic) bond motifs is 1. The second kappa shape index (κ2) is 8.49. The van der Waals surface area contributed by atoms with Crippen molar-refractivity contribution in [2.45, 2.75) is 6.54 Å². The maximum absolute atomic E-state index is 12.9. The largest absolute Gasteiger partial charge is 0.493 e. The van der Waals surface area contributed by atoms with Crippen molar-refractivity contribution in [3.63, 3.8) is 0 Å². The second-order valence-electron chi connectivity index (χ2n) is 7.13. The number of rotatable bonds is 5. The van der Waals surface area contributed by atoms with E-state index >= 15 is 0 Å². The fraction of sp³-hybridized carbons (Fsp3) is 0.304. The molecule has 2 aromatic carbocycles. The number of hydrogen-bond donors (Lipinski definition) is 0. The third kappa shape index (κ3) is 4.03. The van der Waals surface area contributed by atoms with E-state index in [9.17, 15) is 4.79 Å². The average Bonchev–Trinajstić information content (AvgIpc) is 2.79. The average molecular weight is 391 g/mol. The van der Waals surface area contributed by atoms with Gasteiger partial charge in [-0.2, -0.15) is 0 Å². The molecule has 0 aliphatic carbocycles. The molecule has 1 fully saturated rings. The van der Waals surface area contributed by atoms with Gasteiger partial charge in [-0.05, 0) is 29.8 Å². The van der Waals surface area contributed by atoms with Gasteiger partial charge in [-0.25, -0.2) is 0 Å². The smallest absolute Gasteiger partial charge is 0.254 e. The van der Waals surface area contributed by atoms with Crippen molar-refractivity contribution in [2.75, 3.05) is 40.4 Å². The van der Waals surface area contributed by atoms with Crippen molar-refractivity contribution >= 4 is 16.8 Å². The van der Waals surface area contributed by atoms with Crippen LogP contribution in [0.3, 0.4) is 0 Å². The molecule has 0 atom stereocenters. The lowest BCUT2D eigenvalue weighted by Crippen LogP contribution is -2.48. The molecule has 0 N–H and O–H groups in total. The van der Waals surface area contributed by atoms with Gasteiger partial charge in [0.1, 0.15) is 0 Å². The van der Waals surface area contributed by atoms with Crippen LogP contribution in [0.15, 0.2) is 54.7 Å². The number of piperazine rings is 1. The molecule has 2 heterocycles. The number of ether oxygens (including phenoxy) is 2. The Kier molecular flexibility index (Phi) is 5.62. The number of amides is 1. The molecule has 0 bridgehead atoms. The van der Waals surface area contributed by atoms with Crippen molar-refractivity contribution in [3.05, 3.63) is 65.9 Å². The van der Waals surface area contributed by atoms with E-state index in [-0.39, 0.29) is 5.91 Å². The van der Waals surface area contributed by atoms with E-state index in [0.29, 0.717) is 30.2 Å². The standard InChI is InChI=1S/C23H25N3O3/c1-28-20-9-8-18(15-21(20)29-2)23(27)26-13-11-25(12-14-26)16-19-6-3-5-17-7-4-10-24-22(17)19/h3-10,15H,11-14,16H2,1-2H3. The normalized spacial score (nSPS) is 14.8. The number of aromatic nitrogens is 1. The minimum absolute atomic E-state index is 0.0254. The Morgan fingerprint density at radius 3 is 2.48 bits per heavy atom. The number of para-hydroxylation sites is 1. The Labute approximate surface area is 170 Å². The fourth-order valence-electron chi connectivity index (χ4n) is 3.80. The van der Waals surface area contributed by atoms with Gasteiger partial charge < -0.3 is 14.4 Å². The van der Waals surface area contributed by atoms with Crippen LogP contribution in [0.1, 0.15) is 15.9 Å². The van der Waals surface area contributed by atoms with Crippen LogP contribution in [0.5, 0.6) is 11.5 Å². The summed E-state index contributed by atoms with van der Waals surface area (Å²) in [6, 6.07) is 15.7. The van der Waals surface area contributed by atoms with Gasteiger partial charge in [-0.15, -0.1) is 0 Å². The SMILES string of the molecule is COc1ccc(C(=O)N2CCN(Cc3cccc4cccnc34)CC2)cc1OC. The van der Waals surface area contributed by atoms with E-state index in [4.69, 9.17) is 9.47 Å². The highest BCUT2D eigenvalue weighted by molar-refractivity contribution is 5.95. The minimum atomic E-state index is 0.0254. The third-order valence-electron chi connectivity index (χ3n) is 5.40. The van der Waals surface area contributed by atoms with Crippen LogP contribution in [0.4, 0.5) is 0 Å². The van der Waals surface area contributed by atoms with Crippen LogP contribution in [-0.2, 0) is 6.54 Å². The summed E-state index contributed by atoms with van der Waals surface area (Å²) in [5, 5.41) is 1.16. The Hall–Kier alpha value is -3.12. The molecule has 6 nitrogen and oxygen atoms in total. The number of methoxy groups -OCH3 is 2. The summed E-state index contributed by atoms with van der Waals surface area (Å²) in [4.78, 5) is 21.7. The van der Waals surface area contributed by atoms with Crippen LogP contribution in [-0.4, -0.2) is 61.1 Å². The van der Waals surface area contributed by atoms with Gasteiger partial charge in [0.05, 0.1) is 19.7 Å². The molecule has 29 heavy (non-hydrogen) atoms. The molecule has 1 aliphatic rings. The first-order chi connectivity index (χ1) is 14.2. The Morgan fingerprint density at radius 2 is 1.72 bits per heavy atom. The first kappa shape index (κ1) is 19.2. The first-order valence-corrected chi connectivity index (χ1v) is 9.76. The van der Waals surface area contributed by atoms with Crippen molar-refractivity contribution in [3.8, 4) is 11.5 Å². The van der Waals surface area contributed by atoms with Crippen molar-refractivity contribution in [1.82, 2.24) is 14.8 Å². The molecule has 150 valence electrons. The van der Waals surface area contributed by atoms with Gasteiger partial charge in [0.25, 0.3) is 5.91 Å². The lowest BCUT2D eigenvalue weighted by atomic mass is 10.1. The predicted molar refractivity (Wildman–Crippen MR) is 112 cm³/mol. The number of carbonyl (C=O) groups excluding carboxylic acids is 1. The van der Waals surface area contributed by atoms with E-state index in [0.717, 1.165) is 30.5 Å². The summed E-state index contributed by atoms with van der Waals surface area (Å²) in [5.74, 6) is 1.22. The third-order valence-corrected chi connectivity index (χ3v) is 5.40. The zero-order chi connectivity index (χ0) is 20.2. The molecule has 6 heteroatoms. The molecular formula is C23H25N3O3. The maximum atomic E-state index is 12.9. The Balaban J connectivity index is 1.41. The minimum Gasteiger partial charge on any atom is -0.493 e. The molecule has 1 aliphatic heterocycles. The molecule has 3 aromatic rings. The van der Waals surface area contributed by atoms with Gasteiger partial charge in [0.15, 0.2) is 11.5 Å². The van der Waals surface area contributed by atoms with Gasteiger partial charge in [0, 0.05) is 49.9 Å². The van der Waals surface area contributed by atoms with E-state index in [1.807, 2.05) is 17.2 Å². The molecule has 1 aromatic heterocycles. The van der Waals surface area contributed by atoms with E-state index in [1.54, 1.807) is 32.4 Å². The van der Waals surface area contributed by atoms with Crippen LogP contribution >= 0.6 is 0 Å². The number of benzene rings is 2. The van der Waals surface area contributed by atoms with Crippen molar-refractivity contribution in [2.24, 2.45) is 0 Å². The van der Waals surface area contributed by atoms with Crippen LogP contribution < -0.4 is 9.47 Å². The fourth-order valence-corrected chi connectivity index (χ4v) is 3.80. The number of nitrogens with zero attached hydrogens (tertiary/aromatic N) is 3. The summed E-state index contributed by atoms with van der Waals surface area (Å²) in [7, 11) is 3.16. The lowest BCUT2D eigenvalue weighted by molar-refractivity contribution is 0.0628. The zero-order valence-electron chi connectivity index (χ0n) is 16.8. The van der Waals surface area contributed by atoms with Gasteiger partial charge in [-0.3, -0.25) is 14.7 Å². The monoisotopic (exact) mass is 391 g/mol. The Bertz CT molecular complexity index is 1010. The zero-order valence-corrected chi connectivity index (χ0v) is 16.8. The molecule has 4 rings (SSSR count). The molecular weight excluding hydrogens is 366 g/mol. The highest BCUT2D eigenvalue weighted by Crippen LogP contribution is 2.28. The predicted octanol–water partition coefficient (Wildman–Crippen LogP) is 3.21. The quantitative estimate of drug-likeness (QED) is 0.669. The number of hydrogen-bond acceptors (Lipinski definition) is 5. The highest BCUT2D eigenvalue weighted by atomic mass is 16.5. The molecule has 0 radical (unpaired) electrons. The van der Waals surface area contributed by atoms with Gasteiger partial charge in [-0.1, -0.05) is 24.3 Å². The second-order valence-corrected chi connectivity index (χ2v) is 7.13. The summed E-state index contributed by atoms with van der Waals surface area (Å²) in [6.07, 6.45) is 1.84. The van der Waals surface area contributed by atoms with Crippen molar-refractivity contribution < 1.29 is 14.3 Å². The van der Waals surface area contributed by atoms with Gasteiger partial charge in [0.2, 0.25) is 0 Å². The van der Waals surface area contributed by atoms with Crippen molar-refractivity contribution in [1.29, 1.82) is 0 Å². The number of carbonyl (C=O) groups is 1. The summed E-state index contributed by atoms with van der Waals surface area (Å²) >= 11 is 0. The van der Waals surface area contributed by atoms with Crippen LogP contribution in [0, 0.1) is 0 Å². The first-order valence-electron chi connectivity index (χ1n) is 9.76. The van der Waals surface area contributed by atoms with E-state index in [1.165, 1.54) is 5.56 Å². The molecule has 0 saturated carbocycles. The number of pyridine rings is 1. The lowest BCUT2D eigenvalue weighted by Gasteiger charge is -2.35. The molecule has 0 unspecified atom stereocenters. The topological polar surface area (TPSA) is 54.9 Å².